The summed E-state index contributed by atoms with van der Waals surface area (Å²) < 4.78 is 5.44. The average Bonchev–Trinajstić information content (AvgIpc) is 2.18. The zero-order chi connectivity index (χ0) is 11.0. The SMILES string of the molecule is COc1cc2[nH]c(=O)c[n+]([O-])c2cc1Cl. The van der Waals surface area contributed by atoms with Crippen LogP contribution in [0.4, 0.5) is 0 Å². The molecule has 78 valence electrons. The van der Waals surface area contributed by atoms with Crippen molar-refractivity contribution in [1.82, 2.24) is 4.98 Å². The number of methoxy groups -OCH3 is 1. The van der Waals surface area contributed by atoms with Crippen molar-refractivity contribution in [3.05, 3.63) is 38.9 Å². The number of hydrogen-bond donors (Lipinski definition) is 1. The molecular formula is C9H7ClN2O3. The van der Waals surface area contributed by atoms with Gasteiger partial charge in [-0.25, -0.2) is 0 Å². The predicted octanol–water partition coefficient (Wildman–Crippen LogP) is 0.824. The van der Waals surface area contributed by atoms with Crippen LogP contribution in [-0.2, 0) is 0 Å². The Morgan fingerprint density at radius 3 is 2.93 bits per heavy atom. The predicted molar refractivity (Wildman–Crippen MR) is 55.1 cm³/mol. The minimum absolute atomic E-state index is 0.292. The smallest absolute Gasteiger partial charge is 0.314 e. The van der Waals surface area contributed by atoms with E-state index in [1.165, 1.54) is 19.2 Å². The third-order valence-corrected chi connectivity index (χ3v) is 2.30. The molecule has 0 aliphatic heterocycles. The highest BCUT2D eigenvalue weighted by Crippen LogP contribution is 2.26. The van der Waals surface area contributed by atoms with Crippen molar-refractivity contribution < 1.29 is 9.47 Å². The first-order chi connectivity index (χ1) is 7.11. The Bertz CT molecular complexity index is 579. The molecule has 0 unspecified atom stereocenters. The number of rotatable bonds is 1. The van der Waals surface area contributed by atoms with Gasteiger partial charge in [0.2, 0.25) is 11.7 Å². The molecule has 15 heavy (non-hydrogen) atoms. The summed E-state index contributed by atoms with van der Waals surface area (Å²) in [4.78, 5) is 13.6. The summed E-state index contributed by atoms with van der Waals surface area (Å²) in [6, 6.07) is 2.95. The standard InChI is InChI=1S/C9H7ClN2O3/c1-15-8-3-6-7(2-5(8)10)12(14)4-9(13)11-6/h2-4H,1H3,(H,11,13). The fraction of sp³-hybridized carbons (Fsp3) is 0.111. The lowest BCUT2D eigenvalue weighted by Gasteiger charge is -2.05. The fourth-order valence-corrected chi connectivity index (χ4v) is 1.56. The number of hydrogen-bond acceptors (Lipinski definition) is 3. The van der Waals surface area contributed by atoms with E-state index in [-0.39, 0.29) is 0 Å². The third-order valence-electron chi connectivity index (χ3n) is 2.00. The van der Waals surface area contributed by atoms with Gasteiger partial charge in [0.25, 0.3) is 0 Å². The number of benzene rings is 1. The van der Waals surface area contributed by atoms with Crippen molar-refractivity contribution >= 4 is 22.6 Å². The van der Waals surface area contributed by atoms with E-state index in [2.05, 4.69) is 4.98 Å². The van der Waals surface area contributed by atoms with Crippen LogP contribution in [0.1, 0.15) is 0 Å². The Balaban J connectivity index is 2.87. The Hall–Kier alpha value is -1.75. The molecule has 0 spiro atoms. The molecule has 0 fully saturated rings. The molecule has 2 rings (SSSR count). The summed E-state index contributed by atoms with van der Waals surface area (Å²) in [7, 11) is 1.46. The van der Waals surface area contributed by atoms with Crippen LogP contribution in [0.3, 0.4) is 0 Å². The first kappa shape index (κ1) is 9.79. The van der Waals surface area contributed by atoms with Gasteiger partial charge in [-0.15, -0.1) is 0 Å². The molecule has 0 aliphatic rings. The van der Waals surface area contributed by atoms with Crippen LogP contribution in [0, 0.1) is 5.21 Å². The van der Waals surface area contributed by atoms with Gasteiger partial charge >= 0.3 is 5.56 Å². The maximum absolute atomic E-state index is 11.3. The van der Waals surface area contributed by atoms with Crippen LogP contribution in [0.2, 0.25) is 5.02 Å². The molecule has 0 bridgehead atoms. The van der Waals surface area contributed by atoms with Gasteiger partial charge < -0.3 is 14.9 Å². The topological polar surface area (TPSA) is 69.0 Å². The number of aromatic amines is 1. The minimum Gasteiger partial charge on any atom is -0.618 e. The summed E-state index contributed by atoms with van der Waals surface area (Å²) in [5.74, 6) is 0.408. The maximum atomic E-state index is 11.3. The largest absolute Gasteiger partial charge is 0.618 e. The quantitative estimate of drug-likeness (QED) is 0.578. The van der Waals surface area contributed by atoms with E-state index in [9.17, 15) is 10.0 Å². The van der Waals surface area contributed by atoms with Gasteiger partial charge in [-0.1, -0.05) is 11.6 Å². The number of nitrogens with one attached hydrogen (secondary N) is 1. The van der Waals surface area contributed by atoms with Gasteiger partial charge in [-0.2, -0.15) is 4.73 Å². The Labute approximate surface area is 89.5 Å². The first-order valence-corrected chi connectivity index (χ1v) is 4.49. The van der Waals surface area contributed by atoms with Gasteiger partial charge in [-0.05, 0) is 0 Å². The van der Waals surface area contributed by atoms with Crippen LogP contribution in [0.5, 0.6) is 5.75 Å². The lowest BCUT2D eigenvalue weighted by molar-refractivity contribution is -0.578. The normalized spacial score (nSPS) is 10.5. The van der Waals surface area contributed by atoms with Crippen molar-refractivity contribution in [3.63, 3.8) is 0 Å². The molecule has 1 heterocycles. The van der Waals surface area contributed by atoms with E-state index in [0.717, 1.165) is 6.20 Å². The number of ether oxygens (including phenoxy) is 1. The van der Waals surface area contributed by atoms with Gasteiger partial charge in [0.05, 0.1) is 12.1 Å². The van der Waals surface area contributed by atoms with Crippen LogP contribution in [0.25, 0.3) is 11.0 Å². The minimum atomic E-state index is -0.470. The van der Waals surface area contributed by atoms with Gasteiger partial charge in [0, 0.05) is 12.1 Å². The van der Waals surface area contributed by atoms with E-state index in [1.807, 2.05) is 0 Å². The second-order valence-electron chi connectivity index (χ2n) is 2.95. The van der Waals surface area contributed by atoms with Crippen LogP contribution in [0.15, 0.2) is 23.1 Å². The summed E-state index contributed by atoms with van der Waals surface area (Å²) in [5.41, 5.74) is 0.209. The monoisotopic (exact) mass is 226 g/mol. The molecule has 0 radical (unpaired) electrons. The number of halogens is 1. The Morgan fingerprint density at radius 1 is 1.53 bits per heavy atom. The third kappa shape index (κ3) is 1.61. The summed E-state index contributed by atoms with van der Waals surface area (Å²) in [6.45, 7) is 0. The zero-order valence-corrected chi connectivity index (χ0v) is 8.54. The Kier molecular flexibility index (Phi) is 2.24. The molecule has 0 aliphatic carbocycles. The van der Waals surface area contributed by atoms with Crippen molar-refractivity contribution in [2.45, 2.75) is 0 Å². The summed E-state index contributed by atoms with van der Waals surface area (Å²) >= 11 is 5.85. The van der Waals surface area contributed by atoms with Crippen molar-refractivity contribution in [2.75, 3.05) is 7.11 Å². The number of aromatic nitrogens is 2. The molecule has 0 atom stereocenters. The summed E-state index contributed by atoms with van der Waals surface area (Å²) in [5, 5.41) is 11.7. The van der Waals surface area contributed by atoms with E-state index in [4.69, 9.17) is 16.3 Å². The van der Waals surface area contributed by atoms with Gasteiger partial charge in [0.1, 0.15) is 11.3 Å². The Morgan fingerprint density at radius 2 is 2.27 bits per heavy atom. The molecule has 5 nitrogen and oxygen atoms in total. The molecule has 0 amide bonds. The lowest BCUT2D eigenvalue weighted by atomic mass is 10.3. The van der Waals surface area contributed by atoms with Gasteiger partial charge in [0.15, 0.2) is 0 Å². The van der Waals surface area contributed by atoms with Crippen molar-refractivity contribution in [1.29, 1.82) is 0 Å². The van der Waals surface area contributed by atoms with Crippen LogP contribution in [-0.4, -0.2) is 12.1 Å². The lowest BCUT2D eigenvalue weighted by Crippen LogP contribution is -2.32. The van der Waals surface area contributed by atoms with Gasteiger partial charge in [-0.3, -0.25) is 4.79 Å². The van der Waals surface area contributed by atoms with Crippen LogP contribution >= 0.6 is 11.6 Å². The van der Waals surface area contributed by atoms with Crippen molar-refractivity contribution in [2.24, 2.45) is 0 Å². The molecule has 1 aromatic heterocycles. The number of nitrogens with zero attached hydrogens (tertiary/aromatic N) is 1. The molecule has 6 heteroatoms. The van der Waals surface area contributed by atoms with E-state index >= 15 is 0 Å². The fourth-order valence-electron chi connectivity index (χ4n) is 1.32. The number of fused-ring (bicyclic) bond motifs is 1. The highest BCUT2D eigenvalue weighted by atomic mass is 35.5. The second-order valence-corrected chi connectivity index (χ2v) is 3.36. The van der Waals surface area contributed by atoms with E-state index in [0.29, 0.717) is 26.5 Å². The summed E-state index contributed by atoms with van der Waals surface area (Å²) in [6.07, 6.45) is 0.908. The van der Waals surface area contributed by atoms with Crippen molar-refractivity contribution in [3.8, 4) is 5.75 Å². The van der Waals surface area contributed by atoms with E-state index in [1.54, 1.807) is 0 Å². The molecular weight excluding hydrogens is 220 g/mol. The first-order valence-electron chi connectivity index (χ1n) is 4.11. The maximum Gasteiger partial charge on any atom is 0.314 e. The molecule has 0 saturated carbocycles. The second kappa shape index (κ2) is 3.43. The van der Waals surface area contributed by atoms with E-state index < -0.39 is 5.56 Å². The average molecular weight is 227 g/mol. The highest BCUT2D eigenvalue weighted by Gasteiger charge is 2.10. The highest BCUT2D eigenvalue weighted by molar-refractivity contribution is 6.32. The van der Waals surface area contributed by atoms with Crippen LogP contribution < -0.4 is 15.0 Å². The molecule has 1 aromatic carbocycles. The number of H-pyrrole nitrogens is 1. The molecule has 0 saturated heterocycles. The molecule has 1 N–H and O–H groups in total. The zero-order valence-electron chi connectivity index (χ0n) is 7.78. The molecule has 2 aromatic rings.